The topological polar surface area (TPSA) is 114 Å². The largest absolute Gasteiger partial charge is 0.444 e. The molecule has 4 heterocycles. The maximum Gasteiger partial charge on any atom is 0.410 e. The molecule has 0 saturated carbocycles. The van der Waals surface area contributed by atoms with Crippen LogP contribution >= 0.6 is 23.2 Å². The molecule has 1 amide bonds. The number of hydrogen-bond acceptors (Lipinski definition) is 10. The van der Waals surface area contributed by atoms with Crippen molar-refractivity contribution >= 4 is 45.2 Å². The first-order chi connectivity index (χ1) is 21.7. The van der Waals surface area contributed by atoms with Crippen LogP contribution in [-0.4, -0.2) is 91.5 Å². The van der Waals surface area contributed by atoms with Crippen LogP contribution in [0.5, 0.6) is 11.6 Å². The minimum atomic E-state index is -3.49. The third-order valence-electron chi connectivity index (χ3n) is 7.47. The predicted molar refractivity (Wildman–Crippen MR) is 178 cm³/mol. The van der Waals surface area contributed by atoms with E-state index in [1.165, 1.54) is 0 Å². The number of rotatable bonds is 8. The summed E-state index contributed by atoms with van der Waals surface area (Å²) in [4.78, 5) is 27.9. The van der Waals surface area contributed by atoms with Crippen molar-refractivity contribution < 1.29 is 26.9 Å². The Labute approximate surface area is 280 Å². The normalized spacial score (nSPS) is 16.8. The van der Waals surface area contributed by atoms with Crippen LogP contribution < -0.4 is 9.64 Å². The van der Waals surface area contributed by atoms with E-state index in [-0.39, 0.29) is 12.2 Å². The van der Waals surface area contributed by atoms with E-state index >= 15 is 0 Å². The second-order valence-electron chi connectivity index (χ2n) is 12.5. The van der Waals surface area contributed by atoms with Crippen LogP contribution in [0.3, 0.4) is 0 Å². The number of anilines is 1. The zero-order valence-corrected chi connectivity index (χ0v) is 28.7. The van der Waals surface area contributed by atoms with Crippen molar-refractivity contribution in [1.82, 2.24) is 19.8 Å². The Morgan fingerprint density at radius 2 is 1.63 bits per heavy atom. The van der Waals surface area contributed by atoms with Crippen molar-refractivity contribution in [2.24, 2.45) is 0 Å². The van der Waals surface area contributed by atoms with Crippen LogP contribution in [0, 0.1) is 0 Å². The number of nitrogens with zero attached hydrogens (tertiary/aromatic N) is 5. The lowest BCUT2D eigenvalue weighted by molar-refractivity contribution is 0.0240. The Balaban J connectivity index is 1.28. The lowest BCUT2D eigenvalue weighted by Gasteiger charge is -2.36. The van der Waals surface area contributed by atoms with Crippen molar-refractivity contribution in [1.29, 1.82) is 0 Å². The Bertz CT molecular complexity index is 1620. The SMILES string of the molecule is CC(C)(C)OC(=O)N1CCN(c2ccc(Oc3cc(CN4CCC(OS(C)(=O)=O)CC4)cc(-c4cc(Cl)cc(Cl)c4)n3)cn2)CC1. The molecule has 0 unspecified atom stereocenters. The minimum absolute atomic E-state index is 0.302. The molecule has 3 aromatic rings. The minimum Gasteiger partial charge on any atom is -0.444 e. The fourth-order valence-electron chi connectivity index (χ4n) is 5.41. The highest BCUT2D eigenvalue weighted by atomic mass is 35.5. The van der Waals surface area contributed by atoms with Gasteiger partial charge in [0.15, 0.2) is 0 Å². The molecule has 2 aromatic heterocycles. The van der Waals surface area contributed by atoms with Crippen LogP contribution in [0.4, 0.5) is 10.6 Å². The van der Waals surface area contributed by atoms with E-state index in [1.54, 1.807) is 29.3 Å². The average Bonchev–Trinajstić information content (AvgIpc) is 2.96. The quantitative estimate of drug-likeness (QED) is 0.252. The molecule has 0 atom stereocenters. The van der Waals surface area contributed by atoms with Crippen LogP contribution in [0.2, 0.25) is 10.0 Å². The van der Waals surface area contributed by atoms with Crippen molar-refractivity contribution in [3.63, 3.8) is 0 Å². The first-order valence-electron chi connectivity index (χ1n) is 15.1. The number of hydrogen-bond donors (Lipinski definition) is 0. The maximum atomic E-state index is 12.4. The summed E-state index contributed by atoms with van der Waals surface area (Å²) in [5.74, 6) is 1.70. The summed E-state index contributed by atoms with van der Waals surface area (Å²) < 4.78 is 40.0. The van der Waals surface area contributed by atoms with E-state index in [9.17, 15) is 13.2 Å². The number of ether oxygens (including phenoxy) is 2. The number of benzene rings is 1. The highest BCUT2D eigenvalue weighted by molar-refractivity contribution is 7.86. The van der Waals surface area contributed by atoms with Gasteiger partial charge in [0, 0.05) is 67.5 Å². The van der Waals surface area contributed by atoms with Crippen LogP contribution in [0.1, 0.15) is 39.2 Å². The van der Waals surface area contributed by atoms with Gasteiger partial charge in [-0.1, -0.05) is 23.2 Å². The third-order valence-corrected chi connectivity index (χ3v) is 8.53. The zero-order chi connectivity index (χ0) is 33.1. The fraction of sp³-hybridized carbons (Fsp3) is 0.469. The summed E-state index contributed by atoms with van der Waals surface area (Å²) in [5.41, 5.74) is 1.84. The molecule has 14 heteroatoms. The Hall–Kier alpha value is -3.16. The molecule has 2 aliphatic rings. The first-order valence-corrected chi connectivity index (χ1v) is 17.7. The molecule has 1 aromatic carbocycles. The molecule has 46 heavy (non-hydrogen) atoms. The lowest BCUT2D eigenvalue weighted by atomic mass is 10.1. The highest BCUT2D eigenvalue weighted by Crippen LogP contribution is 2.31. The van der Waals surface area contributed by atoms with Crippen molar-refractivity contribution in [2.75, 3.05) is 50.4 Å². The number of halogens is 2. The molecule has 0 spiro atoms. The Morgan fingerprint density at radius 3 is 2.22 bits per heavy atom. The number of carbonyl (C=O) groups is 1. The summed E-state index contributed by atoms with van der Waals surface area (Å²) in [5, 5.41) is 0.994. The second kappa shape index (κ2) is 14.3. The summed E-state index contributed by atoms with van der Waals surface area (Å²) in [7, 11) is -3.49. The van der Waals surface area contributed by atoms with Crippen LogP contribution in [-0.2, 0) is 25.6 Å². The van der Waals surface area contributed by atoms with Crippen molar-refractivity contribution in [3.8, 4) is 22.9 Å². The van der Waals surface area contributed by atoms with Gasteiger partial charge in [-0.05, 0) is 75.6 Å². The molecule has 0 aliphatic carbocycles. The summed E-state index contributed by atoms with van der Waals surface area (Å²) in [6.45, 7) is 9.93. The van der Waals surface area contributed by atoms with Gasteiger partial charge in [-0.15, -0.1) is 0 Å². The number of aromatic nitrogens is 2. The molecular formula is C32H39Cl2N5O6S. The van der Waals surface area contributed by atoms with E-state index in [0.29, 0.717) is 86.0 Å². The predicted octanol–water partition coefficient (Wildman–Crippen LogP) is 6.24. The molecule has 248 valence electrons. The van der Waals surface area contributed by atoms with Gasteiger partial charge in [-0.25, -0.2) is 14.8 Å². The molecule has 0 N–H and O–H groups in total. The van der Waals surface area contributed by atoms with E-state index in [1.807, 2.05) is 45.0 Å². The Kier molecular flexibility index (Phi) is 10.6. The molecule has 5 rings (SSSR count). The van der Waals surface area contributed by atoms with Gasteiger partial charge < -0.3 is 19.3 Å². The molecule has 2 aliphatic heterocycles. The zero-order valence-electron chi connectivity index (χ0n) is 26.4. The van der Waals surface area contributed by atoms with Crippen LogP contribution in [0.25, 0.3) is 11.3 Å². The number of likely N-dealkylation sites (tertiary alicyclic amines) is 1. The Morgan fingerprint density at radius 1 is 0.957 bits per heavy atom. The highest BCUT2D eigenvalue weighted by Gasteiger charge is 2.27. The third kappa shape index (κ3) is 9.92. The van der Waals surface area contributed by atoms with E-state index < -0.39 is 15.7 Å². The smallest absolute Gasteiger partial charge is 0.410 e. The van der Waals surface area contributed by atoms with Crippen molar-refractivity contribution in [2.45, 2.75) is 51.9 Å². The van der Waals surface area contributed by atoms with E-state index in [4.69, 9.17) is 41.8 Å². The number of pyridine rings is 2. The van der Waals surface area contributed by atoms with E-state index in [0.717, 1.165) is 23.2 Å². The molecule has 2 fully saturated rings. The molecule has 0 bridgehead atoms. The fourth-order valence-corrected chi connectivity index (χ4v) is 6.62. The number of piperidine rings is 1. The molecule has 2 saturated heterocycles. The average molecular weight is 693 g/mol. The van der Waals surface area contributed by atoms with Crippen LogP contribution in [0.15, 0.2) is 48.7 Å². The van der Waals surface area contributed by atoms with Gasteiger partial charge in [0.05, 0.1) is 24.3 Å². The first kappa shape index (κ1) is 34.2. The van der Waals surface area contributed by atoms with E-state index in [2.05, 4.69) is 14.8 Å². The monoisotopic (exact) mass is 691 g/mol. The van der Waals surface area contributed by atoms with Crippen molar-refractivity contribution in [3.05, 3.63) is 64.3 Å². The molecular weight excluding hydrogens is 653 g/mol. The van der Waals surface area contributed by atoms with Gasteiger partial charge in [0.25, 0.3) is 10.1 Å². The van der Waals surface area contributed by atoms with Gasteiger partial charge in [0.2, 0.25) is 5.88 Å². The standard InChI is InChI=1S/C32H39Cl2N5O6S/c1-32(2,3)44-31(40)39-13-11-38(12-14-39)29-6-5-27(20-35-29)43-30-16-22(15-28(36-30)23-17-24(33)19-25(34)18-23)21-37-9-7-26(8-10-37)45-46(4,41)42/h5-6,15-20,26H,7-14,21H2,1-4H3. The number of piperazine rings is 1. The summed E-state index contributed by atoms with van der Waals surface area (Å²) in [6.07, 6.45) is 3.37. The van der Waals surface area contributed by atoms with Gasteiger partial charge in [0.1, 0.15) is 17.2 Å². The summed E-state index contributed by atoms with van der Waals surface area (Å²) in [6, 6.07) is 12.9. The van der Waals surface area contributed by atoms with Gasteiger partial charge >= 0.3 is 6.09 Å². The van der Waals surface area contributed by atoms with Gasteiger partial charge in [-0.3, -0.25) is 9.08 Å². The van der Waals surface area contributed by atoms with Gasteiger partial charge in [-0.2, -0.15) is 8.42 Å². The molecule has 11 nitrogen and oxygen atoms in total. The number of carbonyl (C=O) groups excluding carboxylic acids is 1. The molecule has 0 radical (unpaired) electrons. The maximum absolute atomic E-state index is 12.4. The second-order valence-corrected chi connectivity index (χ2v) is 15.0. The summed E-state index contributed by atoms with van der Waals surface area (Å²) >= 11 is 12.6. The number of amides is 1. The lowest BCUT2D eigenvalue weighted by Crippen LogP contribution is -2.50.